The van der Waals surface area contributed by atoms with E-state index in [1.54, 1.807) is 0 Å². The summed E-state index contributed by atoms with van der Waals surface area (Å²) < 4.78 is 5.99. The SMILES string of the molecule is CCCN(CCC)CCc1ccc(OC2=CCN(C)CC2)cc1.O=C(O)C(=O)O. The predicted molar refractivity (Wildman–Crippen MR) is 113 cm³/mol. The number of carboxylic acid groups (broad SMARTS) is 2. The fourth-order valence-corrected chi connectivity index (χ4v) is 2.98. The van der Waals surface area contributed by atoms with Gasteiger partial charge in [-0.1, -0.05) is 26.0 Å². The van der Waals surface area contributed by atoms with Gasteiger partial charge in [0.15, 0.2) is 0 Å². The number of nitrogens with zero attached hydrogens (tertiary/aromatic N) is 2. The molecule has 0 spiro atoms. The Morgan fingerprint density at radius 2 is 1.62 bits per heavy atom. The van der Waals surface area contributed by atoms with Crippen LogP contribution in [-0.2, 0) is 16.0 Å². The van der Waals surface area contributed by atoms with Gasteiger partial charge in [0.05, 0.1) is 0 Å². The second kappa shape index (κ2) is 13.7. The van der Waals surface area contributed by atoms with E-state index in [1.165, 1.54) is 31.5 Å². The van der Waals surface area contributed by atoms with Crippen LogP contribution in [0.1, 0.15) is 38.7 Å². The van der Waals surface area contributed by atoms with Crippen molar-refractivity contribution in [3.63, 3.8) is 0 Å². The van der Waals surface area contributed by atoms with Crippen LogP contribution in [0.5, 0.6) is 5.75 Å². The zero-order valence-electron chi connectivity index (χ0n) is 17.8. The highest BCUT2D eigenvalue weighted by molar-refractivity contribution is 6.27. The van der Waals surface area contributed by atoms with Gasteiger partial charge in [-0.15, -0.1) is 0 Å². The molecule has 1 aliphatic rings. The van der Waals surface area contributed by atoms with Crippen LogP contribution >= 0.6 is 0 Å². The minimum absolute atomic E-state index is 0.962. The van der Waals surface area contributed by atoms with Crippen molar-refractivity contribution in [3.8, 4) is 5.75 Å². The summed E-state index contributed by atoms with van der Waals surface area (Å²) in [6, 6.07) is 8.64. The summed E-state index contributed by atoms with van der Waals surface area (Å²) in [5, 5.41) is 14.8. The monoisotopic (exact) mass is 406 g/mol. The van der Waals surface area contributed by atoms with Crippen molar-refractivity contribution in [2.75, 3.05) is 39.8 Å². The van der Waals surface area contributed by atoms with Crippen LogP contribution in [-0.4, -0.2) is 71.7 Å². The quantitative estimate of drug-likeness (QED) is 0.609. The molecule has 7 heteroatoms. The number of aliphatic carboxylic acids is 2. The number of hydrogen-bond donors (Lipinski definition) is 2. The van der Waals surface area contributed by atoms with E-state index in [1.807, 2.05) is 0 Å². The summed E-state index contributed by atoms with van der Waals surface area (Å²) in [6.07, 6.45) is 6.77. The standard InChI is InChI=1S/C20H32N2O.C2H2O4/c1-4-13-22(14-5-2)17-10-18-6-8-19(9-7-18)23-20-11-15-21(3)16-12-20;3-1(4)2(5)6/h6-9,11H,4-5,10,12-17H2,1-3H3;(H,3,4)(H,5,6). The molecule has 7 nitrogen and oxygen atoms in total. The summed E-state index contributed by atoms with van der Waals surface area (Å²) in [6.45, 7) is 10.1. The third kappa shape index (κ3) is 10.7. The fourth-order valence-electron chi connectivity index (χ4n) is 2.98. The molecule has 0 radical (unpaired) electrons. The largest absolute Gasteiger partial charge is 0.473 e. The normalized spacial score (nSPS) is 14.0. The lowest BCUT2D eigenvalue weighted by Crippen LogP contribution is -2.27. The van der Waals surface area contributed by atoms with Crippen molar-refractivity contribution < 1.29 is 24.5 Å². The van der Waals surface area contributed by atoms with E-state index < -0.39 is 11.9 Å². The first kappa shape index (κ1) is 24.7. The Kier molecular flexibility index (Phi) is 11.7. The first-order valence-corrected chi connectivity index (χ1v) is 10.2. The van der Waals surface area contributed by atoms with Crippen LogP contribution in [0.15, 0.2) is 36.1 Å². The van der Waals surface area contributed by atoms with E-state index in [-0.39, 0.29) is 0 Å². The van der Waals surface area contributed by atoms with Gasteiger partial charge < -0.3 is 24.7 Å². The summed E-state index contributed by atoms with van der Waals surface area (Å²) in [7, 11) is 2.14. The highest BCUT2D eigenvalue weighted by atomic mass is 16.5. The molecule has 0 aliphatic carbocycles. The molecule has 2 rings (SSSR count). The van der Waals surface area contributed by atoms with Crippen LogP contribution in [0.3, 0.4) is 0 Å². The number of benzene rings is 1. The molecule has 0 saturated carbocycles. The van der Waals surface area contributed by atoms with Crippen molar-refractivity contribution in [2.45, 2.75) is 39.5 Å². The molecule has 0 unspecified atom stereocenters. The fraction of sp³-hybridized carbons (Fsp3) is 0.545. The summed E-state index contributed by atoms with van der Waals surface area (Å²) in [5.74, 6) is -1.58. The highest BCUT2D eigenvalue weighted by Crippen LogP contribution is 2.19. The molecular formula is C22H34N2O5. The maximum absolute atomic E-state index is 9.10. The molecule has 2 N–H and O–H groups in total. The van der Waals surface area contributed by atoms with Gasteiger partial charge >= 0.3 is 11.9 Å². The number of carboxylic acids is 2. The Morgan fingerprint density at radius 1 is 1.03 bits per heavy atom. The van der Waals surface area contributed by atoms with Crippen molar-refractivity contribution in [3.05, 3.63) is 41.7 Å². The van der Waals surface area contributed by atoms with Gasteiger partial charge in [0.1, 0.15) is 11.5 Å². The van der Waals surface area contributed by atoms with Crippen molar-refractivity contribution in [2.24, 2.45) is 0 Å². The highest BCUT2D eigenvalue weighted by Gasteiger charge is 2.09. The second-order valence-corrected chi connectivity index (χ2v) is 7.13. The molecule has 162 valence electrons. The lowest BCUT2D eigenvalue weighted by atomic mass is 10.1. The van der Waals surface area contributed by atoms with E-state index >= 15 is 0 Å². The van der Waals surface area contributed by atoms with E-state index in [9.17, 15) is 0 Å². The number of likely N-dealkylation sites (N-methyl/N-ethyl adjacent to an activating group) is 1. The summed E-state index contributed by atoms with van der Waals surface area (Å²) in [4.78, 5) is 23.1. The van der Waals surface area contributed by atoms with Gasteiger partial charge in [-0.05, 0) is 63.2 Å². The Balaban J connectivity index is 0.000000612. The number of hydrogen-bond acceptors (Lipinski definition) is 5. The third-order valence-electron chi connectivity index (χ3n) is 4.52. The van der Waals surface area contributed by atoms with E-state index in [0.717, 1.165) is 44.0 Å². The molecular weight excluding hydrogens is 372 g/mol. The van der Waals surface area contributed by atoms with Gasteiger partial charge in [0.25, 0.3) is 0 Å². The second-order valence-electron chi connectivity index (χ2n) is 7.13. The number of rotatable bonds is 9. The topological polar surface area (TPSA) is 90.3 Å². The molecule has 0 aromatic heterocycles. The molecule has 1 heterocycles. The molecule has 0 bridgehead atoms. The summed E-state index contributed by atoms with van der Waals surface area (Å²) >= 11 is 0. The van der Waals surface area contributed by atoms with Gasteiger partial charge in [-0.25, -0.2) is 9.59 Å². The Hall–Kier alpha value is -2.38. The van der Waals surface area contributed by atoms with Crippen LogP contribution in [0, 0.1) is 0 Å². The maximum atomic E-state index is 9.10. The van der Waals surface area contributed by atoms with Gasteiger partial charge in [-0.2, -0.15) is 0 Å². The number of carbonyl (C=O) groups is 2. The van der Waals surface area contributed by atoms with Crippen LogP contribution in [0.2, 0.25) is 0 Å². The first-order chi connectivity index (χ1) is 13.8. The van der Waals surface area contributed by atoms with Crippen molar-refractivity contribution in [1.82, 2.24) is 9.80 Å². The van der Waals surface area contributed by atoms with E-state index in [4.69, 9.17) is 24.5 Å². The molecule has 29 heavy (non-hydrogen) atoms. The van der Waals surface area contributed by atoms with E-state index in [0.29, 0.717) is 0 Å². The lowest BCUT2D eigenvalue weighted by Gasteiger charge is -2.22. The zero-order valence-corrected chi connectivity index (χ0v) is 17.8. The van der Waals surface area contributed by atoms with Crippen LogP contribution in [0.25, 0.3) is 0 Å². The average Bonchev–Trinajstić information content (AvgIpc) is 2.70. The Morgan fingerprint density at radius 3 is 2.07 bits per heavy atom. The van der Waals surface area contributed by atoms with Crippen LogP contribution < -0.4 is 4.74 Å². The lowest BCUT2D eigenvalue weighted by molar-refractivity contribution is -0.159. The third-order valence-corrected chi connectivity index (χ3v) is 4.52. The molecule has 1 aliphatic heterocycles. The predicted octanol–water partition coefficient (Wildman–Crippen LogP) is 3.10. The average molecular weight is 407 g/mol. The molecule has 1 aromatic carbocycles. The molecule has 0 fully saturated rings. The Bertz CT molecular complexity index is 640. The molecule has 0 atom stereocenters. The molecule has 0 saturated heterocycles. The molecule has 0 amide bonds. The van der Waals surface area contributed by atoms with Crippen molar-refractivity contribution in [1.29, 1.82) is 0 Å². The van der Waals surface area contributed by atoms with Crippen LogP contribution in [0.4, 0.5) is 0 Å². The number of ether oxygens (including phenoxy) is 1. The Labute approximate surface area is 173 Å². The minimum atomic E-state index is -1.82. The molecule has 1 aromatic rings. The smallest absolute Gasteiger partial charge is 0.414 e. The first-order valence-electron chi connectivity index (χ1n) is 10.2. The van der Waals surface area contributed by atoms with Crippen molar-refractivity contribution >= 4 is 11.9 Å². The maximum Gasteiger partial charge on any atom is 0.414 e. The van der Waals surface area contributed by atoms with Gasteiger partial charge in [0.2, 0.25) is 0 Å². The van der Waals surface area contributed by atoms with E-state index in [2.05, 4.69) is 61.0 Å². The summed E-state index contributed by atoms with van der Waals surface area (Å²) in [5.41, 5.74) is 1.40. The van der Waals surface area contributed by atoms with Gasteiger partial charge in [0, 0.05) is 26.1 Å². The minimum Gasteiger partial charge on any atom is -0.473 e. The van der Waals surface area contributed by atoms with Gasteiger partial charge in [-0.3, -0.25) is 0 Å². The zero-order chi connectivity index (χ0) is 21.6.